The van der Waals surface area contributed by atoms with E-state index in [0.29, 0.717) is 0 Å². The summed E-state index contributed by atoms with van der Waals surface area (Å²) in [4.78, 5) is 40.9. The minimum Gasteiger partial charge on any atom is -0.479 e. The summed E-state index contributed by atoms with van der Waals surface area (Å²) >= 11 is 0. The Hall–Kier alpha value is -2.32. The standard InChI is InChI=1S/C5H4NO8/c7-1(8)5(2(9)10,3(11)12)6-4(13)14/h(H,7,8)(H,9,10)(H,11,12)(H,13,14). The molecule has 0 aromatic heterocycles. The molecule has 0 unspecified atom stereocenters. The molecule has 0 spiro atoms. The number of aliphatic carboxylic acids is 3. The lowest BCUT2D eigenvalue weighted by Gasteiger charge is -2.16. The zero-order chi connectivity index (χ0) is 11.5. The fourth-order valence-corrected chi connectivity index (χ4v) is 0.561. The highest BCUT2D eigenvalue weighted by atomic mass is 16.4. The maximum Gasteiger partial charge on any atom is 0.428 e. The smallest absolute Gasteiger partial charge is 0.428 e. The van der Waals surface area contributed by atoms with Gasteiger partial charge in [-0.05, 0) is 0 Å². The molecule has 1 radical (unpaired) electrons. The predicted molar refractivity (Wildman–Crippen MR) is 35.8 cm³/mol. The molecular weight excluding hydrogens is 202 g/mol. The Labute approximate surface area is 75.6 Å². The highest BCUT2D eigenvalue weighted by Crippen LogP contribution is 2.08. The van der Waals surface area contributed by atoms with Crippen LogP contribution in [0.5, 0.6) is 0 Å². The van der Waals surface area contributed by atoms with Gasteiger partial charge in [-0.25, -0.2) is 19.2 Å². The number of nitrogens with zero attached hydrogens (tertiary/aromatic N) is 1. The molecule has 0 aliphatic carbocycles. The van der Waals surface area contributed by atoms with Crippen LogP contribution in [0.4, 0.5) is 4.79 Å². The molecule has 0 saturated heterocycles. The number of carbonyl (C=O) groups is 4. The minimum absolute atomic E-state index is 2.12. The zero-order valence-electron chi connectivity index (χ0n) is 6.37. The van der Waals surface area contributed by atoms with Crippen LogP contribution in [0.25, 0.3) is 0 Å². The summed E-state index contributed by atoms with van der Waals surface area (Å²) < 4.78 is 0. The van der Waals surface area contributed by atoms with Crippen molar-refractivity contribution in [2.24, 2.45) is 0 Å². The lowest BCUT2D eigenvalue weighted by Crippen LogP contribution is -2.61. The molecule has 77 valence electrons. The van der Waals surface area contributed by atoms with Crippen LogP contribution in [-0.2, 0) is 14.4 Å². The third-order valence-corrected chi connectivity index (χ3v) is 1.19. The molecule has 14 heavy (non-hydrogen) atoms. The Kier molecular flexibility index (Phi) is 3.00. The highest BCUT2D eigenvalue weighted by Gasteiger charge is 2.58. The molecule has 9 heteroatoms. The van der Waals surface area contributed by atoms with Crippen LogP contribution in [0.1, 0.15) is 0 Å². The van der Waals surface area contributed by atoms with E-state index >= 15 is 0 Å². The van der Waals surface area contributed by atoms with E-state index in [1.807, 2.05) is 0 Å². The van der Waals surface area contributed by atoms with Crippen LogP contribution < -0.4 is 5.32 Å². The summed E-state index contributed by atoms with van der Waals surface area (Å²) in [6, 6.07) is 0. The maximum absolute atomic E-state index is 10.3. The summed E-state index contributed by atoms with van der Waals surface area (Å²) in [5.41, 5.74) is -3.70. The van der Waals surface area contributed by atoms with E-state index in [0.717, 1.165) is 0 Å². The topological polar surface area (TPSA) is 163 Å². The molecule has 0 fully saturated rings. The molecule has 0 aromatic rings. The quantitative estimate of drug-likeness (QED) is 0.393. The first-order valence-corrected chi connectivity index (χ1v) is 2.91. The molecule has 0 saturated carbocycles. The average Bonchev–Trinajstić information content (AvgIpc) is 1.97. The van der Waals surface area contributed by atoms with Crippen LogP contribution in [0, 0.1) is 0 Å². The molecule has 0 heterocycles. The van der Waals surface area contributed by atoms with E-state index in [-0.39, 0.29) is 0 Å². The monoisotopic (exact) mass is 206 g/mol. The van der Waals surface area contributed by atoms with Crippen LogP contribution >= 0.6 is 0 Å². The van der Waals surface area contributed by atoms with Gasteiger partial charge in [-0.1, -0.05) is 0 Å². The maximum atomic E-state index is 10.3. The largest absolute Gasteiger partial charge is 0.479 e. The summed E-state index contributed by atoms with van der Waals surface area (Å²) in [7, 11) is 0. The fraction of sp³-hybridized carbons (Fsp3) is 0.200. The van der Waals surface area contributed by atoms with Crippen molar-refractivity contribution in [3.63, 3.8) is 0 Å². The predicted octanol–water partition coefficient (Wildman–Crippen LogP) is -1.74. The van der Waals surface area contributed by atoms with Gasteiger partial charge in [0.05, 0.1) is 0 Å². The molecule has 0 aliphatic rings. The normalized spacial score (nSPS) is 10.3. The summed E-state index contributed by atoms with van der Waals surface area (Å²) in [5, 5.41) is 35.0. The first-order valence-electron chi connectivity index (χ1n) is 2.91. The SMILES string of the molecule is O=C(O)[N]C(C(=O)O)(C(=O)O)C(=O)O. The molecule has 0 bridgehead atoms. The van der Waals surface area contributed by atoms with Gasteiger partial charge in [0.1, 0.15) is 0 Å². The van der Waals surface area contributed by atoms with E-state index in [9.17, 15) is 19.2 Å². The van der Waals surface area contributed by atoms with Crippen LogP contribution in [0.2, 0.25) is 0 Å². The second-order valence-electron chi connectivity index (χ2n) is 2.02. The first kappa shape index (κ1) is 11.7. The van der Waals surface area contributed by atoms with Gasteiger partial charge in [-0.2, -0.15) is 5.32 Å². The fourth-order valence-electron chi connectivity index (χ4n) is 0.561. The molecule has 0 atom stereocenters. The summed E-state index contributed by atoms with van der Waals surface area (Å²) in [5.74, 6) is -7.17. The van der Waals surface area contributed by atoms with Gasteiger partial charge in [0.25, 0.3) is 0 Å². The molecular formula is C5H4NO8. The van der Waals surface area contributed by atoms with Crippen LogP contribution in [0.15, 0.2) is 0 Å². The van der Waals surface area contributed by atoms with Gasteiger partial charge in [-0.15, -0.1) is 0 Å². The second-order valence-corrected chi connectivity index (χ2v) is 2.02. The molecule has 4 N–H and O–H groups in total. The van der Waals surface area contributed by atoms with Gasteiger partial charge in [0, 0.05) is 0 Å². The Balaban J connectivity index is 5.38. The van der Waals surface area contributed by atoms with Crippen LogP contribution in [-0.4, -0.2) is 50.0 Å². The van der Waals surface area contributed by atoms with E-state index in [2.05, 4.69) is 5.32 Å². The molecule has 0 aromatic carbocycles. The first-order chi connectivity index (χ1) is 6.25. The van der Waals surface area contributed by atoms with Gasteiger partial charge in [0.2, 0.25) is 0 Å². The molecule has 0 aliphatic heterocycles. The minimum atomic E-state index is -3.70. The van der Waals surface area contributed by atoms with Gasteiger partial charge in [-0.3, -0.25) is 0 Å². The van der Waals surface area contributed by atoms with E-state index < -0.39 is 29.5 Å². The average molecular weight is 206 g/mol. The molecule has 1 amide bonds. The van der Waals surface area contributed by atoms with Crippen LogP contribution in [0.3, 0.4) is 0 Å². The van der Waals surface area contributed by atoms with E-state index in [4.69, 9.17) is 20.4 Å². The van der Waals surface area contributed by atoms with Crippen molar-refractivity contribution in [1.82, 2.24) is 5.32 Å². The van der Waals surface area contributed by atoms with Gasteiger partial charge >= 0.3 is 29.5 Å². The lowest BCUT2D eigenvalue weighted by molar-refractivity contribution is -0.169. The van der Waals surface area contributed by atoms with Crippen molar-refractivity contribution < 1.29 is 39.6 Å². The number of carboxylic acids is 3. The van der Waals surface area contributed by atoms with Crippen molar-refractivity contribution in [1.29, 1.82) is 0 Å². The second kappa shape index (κ2) is 3.60. The third kappa shape index (κ3) is 1.71. The molecule has 9 nitrogen and oxygen atoms in total. The third-order valence-electron chi connectivity index (χ3n) is 1.19. The van der Waals surface area contributed by atoms with Gasteiger partial charge in [0.15, 0.2) is 0 Å². The number of hydrogen-bond donors (Lipinski definition) is 4. The van der Waals surface area contributed by atoms with Crippen molar-refractivity contribution >= 4 is 24.0 Å². The van der Waals surface area contributed by atoms with E-state index in [1.54, 1.807) is 0 Å². The Morgan fingerprint density at radius 3 is 1.14 bits per heavy atom. The Bertz CT molecular complexity index is 271. The number of rotatable bonds is 4. The number of amides is 1. The van der Waals surface area contributed by atoms with Crippen molar-refractivity contribution in [2.75, 3.05) is 0 Å². The number of hydrogen-bond acceptors (Lipinski definition) is 4. The van der Waals surface area contributed by atoms with Crippen molar-refractivity contribution in [2.45, 2.75) is 5.54 Å². The van der Waals surface area contributed by atoms with E-state index in [1.165, 1.54) is 0 Å². The zero-order valence-corrected chi connectivity index (χ0v) is 6.37. The summed E-state index contributed by atoms with van der Waals surface area (Å²) in [6.07, 6.45) is -2.20. The number of carboxylic acid groups (broad SMARTS) is 4. The van der Waals surface area contributed by atoms with Crippen molar-refractivity contribution in [3.05, 3.63) is 0 Å². The Morgan fingerprint density at radius 1 is 0.786 bits per heavy atom. The lowest BCUT2D eigenvalue weighted by atomic mass is 10.0. The summed E-state index contributed by atoms with van der Waals surface area (Å²) in [6.45, 7) is 0. The Morgan fingerprint density at radius 2 is 1.07 bits per heavy atom. The van der Waals surface area contributed by atoms with Gasteiger partial charge < -0.3 is 20.4 Å². The molecule has 0 rings (SSSR count). The highest BCUT2D eigenvalue weighted by molar-refractivity contribution is 6.23. The van der Waals surface area contributed by atoms with Crippen molar-refractivity contribution in [3.8, 4) is 0 Å².